The standard InChI is InChI=1S/C30H58N9O2P/c1-3-41-42(40)20-8-17-38-18-19-39(23-24(38)2)30-36-28(31)35-29(37-30)34-22-26-13-11-25(12-14-26)21-32-15-7-16-33-27-9-5-4-6-10-27/h24-27,32-33,42H,3-23H2,1-2H3,(H3,31,34,35,36,37)/t24-,25-,26-/m0/s1. The molecular formula is C30H58N9O2P. The molecule has 3 fully saturated rings. The molecule has 12 heteroatoms. The molecular weight excluding hydrogens is 549 g/mol. The number of anilines is 3. The highest BCUT2D eigenvalue weighted by molar-refractivity contribution is 7.39. The monoisotopic (exact) mass is 607 g/mol. The van der Waals surface area contributed by atoms with Crippen LogP contribution in [0.4, 0.5) is 17.8 Å². The summed E-state index contributed by atoms with van der Waals surface area (Å²) in [6.07, 6.45) is 14.8. The van der Waals surface area contributed by atoms with Gasteiger partial charge in [0.1, 0.15) is 0 Å². The minimum absolute atomic E-state index is 0.266. The fourth-order valence-corrected chi connectivity index (χ4v) is 7.69. The Kier molecular flexibility index (Phi) is 14.6. The molecule has 2 aliphatic carbocycles. The number of aromatic nitrogens is 3. The van der Waals surface area contributed by atoms with Crippen LogP contribution in [0.1, 0.15) is 84.5 Å². The average Bonchev–Trinajstić information content (AvgIpc) is 2.99. The Morgan fingerprint density at radius 3 is 2.45 bits per heavy atom. The number of nitrogens with zero attached hydrogens (tertiary/aromatic N) is 5. The molecule has 0 radical (unpaired) electrons. The molecule has 1 unspecified atom stereocenters. The molecule has 1 saturated heterocycles. The van der Waals surface area contributed by atoms with Crippen LogP contribution in [0, 0.1) is 11.8 Å². The highest BCUT2D eigenvalue weighted by Gasteiger charge is 2.26. The summed E-state index contributed by atoms with van der Waals surface area (Å²) in [6, 6.07) is 1.12. The van der Waals surface area contributed by atoms with Gasteiger partial charge >= 0.3 is 0 Å². The van der Waals surface area contributed by atoms with Gasteiger partial charge in [0.05, 0.1) is 6.61 Å². The predicted octanol–water partition coefficient (Wildman–Crippen LogP) is 3.99. The largest absolute Gasteiger partial charge is 0.368 e. The molecule has 0 amide bonds. The van der Waals surface area contributed by atoms with E-state index in [1.807, 2.05) is 6.92 Å². The predicted molar refractivity (Wildman–Crippen MR) is 174 cm³/mol. The van der Waals surface area contributed by atoms with Gasteiger partial charge in [-0.25, -0.2) is 0 Å². The molecule has 11 nitrogen and oxygen atoms in total. The lowest BCUT2D eigenvalue weighted by molar-refractivity contribution is 0.188. The second-order valence-corrected chi connectivity index (χ2v) is 14.2. The number of rotatable bonds is 17. The number of nitrogens with two attached hydrogens (primary N) is 1. The zero-order chi connectivity index (χ0) is 29.6. The molecule has 0 bridgehead atoms. The van der Waals surface area contributed by atoms with Crippen molar-refractivity contribution in [3.05, 3.63) is 0 Å². The van der Waals surface area contributed by atoms with Crippen LogP contribution in [0.2, 0.25) is 0 Å². The quantitative estimate of drug-likeness (QED) is 0.151. The molecule has 0 spiro atoms. The summed E-state index contributed by atoms with van der Waals surface area (Å²) < 4.78 is 17.1. The number of hydrogen-bond acceptors (Lipinski definition) is 11. The van der Waals surface area contributed by atoms with E-state index < -0.39 is 8.03 Å². The van der Waals surface area contributed by atoms with Gasteiger partial charge in [-0.1, -0.05) is 19.3 Å². The van der Waals surface area contributed by atoms with E-state index in [1.165, 1.54) is 64.2 Å². The van der Waals surface area contributed by atoms with E-state index >= 15 is 0 Å². The first kappa shape index (κ1) is 33.4. The maximum atomic E-state index is 11.8. The zero-order valence-electron chi connectivity index (χ0n) is 26.3. The first-order chi connectivity index (χ1) is 20.5. The topological polar surface area (TPSA) is 134 Å². The van der Waals surface area contributed by atoms with Crippen LogP contribution in [0.25, 0.3) is 0 Å². The fraction of sp³-hybridized carbons (Fsp3) is 0.900. The van der Waals surface area contributed by atoms with Gasteiger partial charge in [-0.3, -0.25) is 9.46 Å². The second kappa shape index (κ2) is 18.3. The number of piperazine rings is 1. The summed E-state index contributed by atoms with van der Waals surface area (Å²) in [4.78, 5) is 18.2. The molecule has 2 atom stereocenters. The Balaban J connectivity index is 1.10. The van der Waals surface area contributed by atoms with E-state index in [9.17, 15) is 4.57 Å². The van der Waals surface area contributed by atoms with Crippen LogP contribution in [0.5, 0.6) is 0 Å². The first-order valence-electron chi connectivity index (χ1n) is 16.8. The molecule has 4 rings (SSSR count). The lowest BCUT2D eigenvalue weighted by Gasteiger charge is -2.39. The van der Waals surface area contributed by atoms with Crippen molar-refractivity contribution in [2.24, 2.45) is 11.8 Å². The Hall–Kier alpha value is -1.52. The van der Waals surface area contributed by atoms with Gasteiger partial charge in [0.15, 0.2) is 8.03 Å². The van der Waals surface area contributed by atoms with Crippen molar-refractivity contribution in [1.82, 2.24) is 30.5 Å². The number of hydrogen-bond donors (Lipinski definition) is 4. The summed E-state index contributed by atoms with van der Waals surface area (Å²) >= 11 is 0. The van der Waals surface area contributed by atoms with Crippen molar-refractivity contribution in [2.75, 3.05) is 81.1 Å². The third-order valence-electron chi connectivity index (χ3n) is 9.34. The van der Waals surface area contributed by atoms with Gasteiger partial charge in [-0.15, -0.1) is 0 Å². The van der Waals surface area contributed by atoms with E-state index in [-0.39, 0.29) is 5.95 Å². The number of nitrogen functional groups attached to an aromatic ring is 1. The van der Waals surface area contributed by atoms with Gasteiger partial charge in [-0.2, -0.15) is 15.0 Å². The van der Waals surface area contributed by atoms with Crippen LogP contribution in [0.15, 0.2) is 0 Å². The van der Waals surface area contributed by atoms with Crippen molar-refractivity contribution in [3.8, 4) is 0 Å². The second-order valence-electron chi connectivity index (χ2n) is 12.7. The minimum Gasteiger partial charge on any atom is -0.368 e. The van der Waals surface area contributed by atoms with E-state index in [0.717, 1.165) is 70.7 Å². The third-order valence-corrected chi connectivity index (χ3v) is 10.7. The molecule has 0 aromatic carbocycles. The van der Waals surface area contributed by atoms with Crippen molar-refractivity contribution in [3.63, 3.8) is 0 Å². The maximum absolute atomic E-state index is 11.8. The smallest absolute Gasteiger partial charge is 0.232 e. The van der Waals surface area contributed by atoms with Gasteiger partial charge < -0.3 is 31.1 Å². The lowest BCUT2D eigenvalue weighted by atomic mass is 9.82. The molecule has 5 N–H and O–H groups in total. The molecule has 42 heavy (non-hydrogen) atoms. The molecule has 1 aromatic heterocycles. The molecule has 2 heterocycles. The van der Waals surface area contributed by atoms with Crippen LogP contribution in [0.3, 0.4) is 0 Å². The molecule has 1 aliphatic heterocycles. The van der Waals surface area contributed by atoms with Gasteiger partial charge in [-0.05, 0) is 103 Å². The first-order valence-corrected chi connectivity index (χ1v) is 18.4. The average molecular weight is 608 g/mol. The number of nitrogens with one attached hydrogen (secondary N) is 3. The molecule has 1 aromatic rings. The fourth-order valence-electron chi connectivity index (χ4n) is 6.78. The molecule has 2 saturated carbocycles. The summed E-state index contributed by atoms with van der Waals surface area (Å²) in [7, 11) is -1.89. The SMILES string of the molecule is CCO[PH](=O)CCCN1CCN(c2nc(N)nc(NC[C@H]3CC[C@H](CNCCCNC4CCCCC4)CC3)n2)C[C@@H]1C. The summed E-state index contributed by atoms with van der Waals surface area (Å²) in [6.45, 7) is 12.5. The lowest BCUT2D eigenvalue weighted by Crippen LogP contribution is -2.52. The van der Waals surface area contributed by atoms with Crippen molar-refractivity contribution >= 4 is 25.9 Å². The van der Waals surface area contributed by atoms with Crippen LogP contribution in [-0.4, -0.2) is 97.1 Å². The maximum Gasteiger partial charge on any atom is 0.232 e. The highest BCUT2D eigenvalue weighted by atomic mass is 31.1. The Bertz CT molecular complexity index is 928. The Morgan fingerprint density at radius 1 is 0.952 bits per heavy atom. The Morgan fingerprint density at radius 2 is 1.71 bits per heavy atom. The highest BCUT2D eigenvalue weighted by Crippen LogP contribution is 2.29. The van der Waals surface area contributed by atoms with Crippen LogP contribution >= 0.6 is 8.03 Å². The summed E-state index contributed by atoms with van der Waals surface area (Å²) in [5, 5.41) is 10.9. The van der Waals surface area contributed by atoms with E-state index in [0.29, 0.717) is 36.6 Å². The van der Waals surface area contributed by atoms with E-state index in [1.54, 1.807) is 0 Å². The van der Waals surface area contributed by atoms with Crippen molar-refractivity contribution in [2.45, 2.75) is 96.6 Å². The van der Waals surface area contributed by atoms with Crippen LogP contribution < -0.4 is 26.6 Å². The molecule has 3 aliphatic rings. The Labute approximate surface area is 254 Å². The van der Waals surface area contributed by atoms with E-state index in [4.69, 9.17) is 15.2 Å². The minimum atomic E-state index is -1.89. The van der Waals surface area contributed by atoms with Gasteiger partial charge in [0, 0.05) is 44.4 Å². The van der Waals surface area contributed by atoms with Gasteiger partial charge in [0.2, 0.25) is 17.8 Å². The van der Waals surface area contributed by atoms with Crippen molar-refractivity contribution < 1.29 is 9.09 Å². The van der Waals surface area contributed by atoms with E-state index in [2.05, 4.69) is 42.6 Å². The zero-order valence-corrected chi connectivity index (χ0v) is 27.3. The summed E-state index contributed by atoms with van der Waals surface area (Å²) in [5.74, 6) is 2.94. The van der Waals surface area contributed by atoms with Gasteiger partial charge in [0.25, 0.3) is 0 Å². The molecule has 240 valence electrons. The third kappa shape index (κ3) is 11.5. The summed E-state index contributed by atoms with van der Waals surface area (Å²) in [5.41, 5.74) is 6.10. The van der Waals surface area contributed by atoms with Crippen molar-refractivity contribution in [1.29, 1.82) is 0 Å². The van der Waals surface area contributed by atoms with Crippen LogP contribution in [-0.2, 0) is 9.09 Å². The normalized spacial score (nSPS) is 25.0.